The van der Waals surface area contributed by atoms with Crippen molar-refractivity contribution >= 4 is 0 Å². The number of rotatable bonds is 2. The van der Waals surface area contributed by atoms with E-state index < -0.39 is 0 Å². The van der Waals surface area contributed by atoms with Crippen LogP contribution in [-0.4, -0.2) is 0 Å². The first-order valence-electron chi connectivity index (χ1n) is 5.30. The molecule has 0 radical (unpaired) electrons. The van der Waals surface area contributed by atoms with Crippen LogP contribution in [0.4, 0.5) is 0 Å². The minimum atomic E-state index is 0.958. The fourth-order valence-corrected chi connectivity index (χ4v) is 4.15. The molecular weight excluding hydrogens is 132 g/mol. The van der Waals surface area contributed by atoms with Gasteiger partial charge in [-0.05, 0) is 41.9 Å². The summed E-state index contributed by atoms with van der Waals surface area (Å²) in [4.78, 5) is 0. The van der Waals surface area contributed by atoms with E-state index in [9.17, 15) is 0 Å². The van der Waals surface area contributed by atoms with Gasteiger partial charge in [0.2, 0.25) is 0 Å². The van der Waals surface area contributed by atoms with E-state index in [1.807, 2.05) is 0 Å². The molecule has 0 aromatic carbocycles. The third-order valence-corrected chi connectivity index (χ3v) is 4.79. The van der Waals surface area contributed by atoms with Crippen LogP contribution in [0.1, 0.15) is 39.5 Å². The first-order valence-corrected chi connectivity index (χ1v) is 5.30. The SMILES string of the molecule is CCCC1CC(C)C23CC2C13. The van der Waals surface area contributed by atoms with Crippen LogP contribution >= 0.6 is 0 Å². The van der Waals surface area contributed by atoms with Gasteiger partial charge in [0.1, 0.15) is 0 Å². The molecule has 0 heterocycles. The van der Waals surface area contributed by atoms with Crippen LogP contribution in [0.5, 0.6) is 0 Å². The first-order chi connectivity index (χ1) is 5.30. The zero-order valence-electron chi connectivity index (χ0n) is 7.64. The van der Waals surface area contributed by atoms with Gasteiger partial charge in [-0.2, -0.15) is 0 Å². The van der Waals surface area contributed by atoms with E-state index in [1.165, 1.54) is 24.7 Å². The third-order valence-electron chi connectivity index (χ3n) is 4.79. The van der Waals surface area contributed by atoms with Gasteiger partial charge in [0.15, 0.2) is 0 Å². The second-order valence-corrected chi connectivity index (χ2v) is 5.13. The highest BCUT2D eigenvalue weighted by atomic mass is 14.9. The maximum atomic E-state index is 2.50. The summed E-state index contributed by atoms with van der Waals surface area (Å²) in [5.41, 5.74) is 0.958. The zero-order valence-corrected chi connectivity index (χ0v) is 7.64. The molecule has 3 fully saturated rings. The van der Waals surface area contributed by atoms with Crippen molar-refractivity contribution in [2.45, 2.75) is 39.5 Å². The third kappa shape index (κ3) is 0.554. The van der Waals surface area contributed by atoms with Gasteiger partial charge in [0, 0.05) is 0 Å². The molecule has 1 spiro atoms. The van der Waals surface area contributed by atoms with Crippen LogP contribution in [-0.2, 0) is 0 Å². The van der Waals surface area contributed by atoms with Crippen LogP contribution in [0.25, 0.3) is 0 Å². The molecule has 0 saturated heterocycles. The summed E-state index contributed by atoms with van der Waals surface area (Å²) in [7, 11) is 0. The largest absolute Gasteiger partial charge is 0.0654 e. The first kappa shape index (κ1) is 6.51. The molecule has 3 rings (SSSR count). The van der Waals surface area contributed by atoms with Gasteiger partial charge in [-0.3, -0.25) is 0 Å². The molecule has 0 amide bonds. The minimum Gasteiger partial charge on any atom is -0.0654 e. The molecule has 3 aliphatic carbocycles. The van der Waals surface area contributed by atoms with Crippen LogP contribution in [0.3, 0.4) is 0 Å². The summed E-state index contributed by atoms with van der Waals surface area (Å²) in [5, 5.41) is 0. The van der Waals surface area contributed by atoms with Gasteiger partial charge in [-0.15, -0.1) is 0 Å². The predicted molar refractivity (Wildman–Crippen MR) is 46.2 cm³/mol. The Labute approximate surface area is 69.4 Å². The maximum absolute atomic E-state index is 2.50. The van der Waals surface area contributed by atoms with Crippen LogP contribution < -0.4 is 0 Å². The smallest absolute Gasteiger partial charge is 0.0204 e. The highest BCUT2D eigenvalue weighted by molar-refractivity contribution is 5.31. The van der Waals surface area contributed by atoms with Crippen molar-refractivity contribution in [3.8, 4) is 0 Å². The number of fused-ring (bicyclic) bond motifs is 1. The van der Waals surface area contributed by atoms with Crippen molar-refractivity contribution in [1.82, 2.24) is 0 Å². The lowest BCUT2D eigenvalue weighted by Gasteiger charge is -2.12. The van der Waals surface area contributed by atoms with Gasteiger partial charge < -0.3 is 0 Å². The van der Waals surface area contributed by atoms with Crippen molar-refractivity contribution in [2.75, 3.05) is 0 Å². The van der Waals surface area contributed by atoms with Gasteiger partial charge >= 0.3 is 0 Å². The molecule has 0 heteroatoms. The maximum Gasteiger partial charge on any atom is -0.0204 e. The Morgan fingerprint density at radius 3 is 2.73 bits per heavy atom. The van der Waals surface area contributed by atoms with Crippen LogP contribution in [0, 0.1) is 29.1 Å². The lowest BCUT2D eigenvalue weighted by atomic mass is 9.94. The molecule has 0 aliphatic heterocycles. The van der Waals surface area contributed by atoms with Gasteiger partial charge in [-0.25, -0.2) is 0 Å². The van der Waals surface area contributed by atoms with Gasteiger partial charge in [0.25, 0.3) is 0 Å². The van der Waals surface area contributed by atoms with E-state index >= 15 is 0 Å². The van der Waals surface area contributed by atoms with Crippen molar-refractivity contribution in [3.63, 3.8) is 0 Å². The molecule has 62 valence electrons. The highest BCUT2D eigenvalue weighted by Gasteiger charge is 2.84. The Balaban J connectivity index is 1.74. The van der Waals surface area contributed by atoms with Crippen molar-refractivity contribution < 1.29 is 0 Å². The minimum absolute atomic E-state index is 0.958. The second kappa shape index (κ2) is 1.67. The number of hydrogen-bond acceptors (Lipinski definition) is 0. The van der Waals surface area contributed by atoms with E-state index in [-0.39, 0.29) is 0 Å². The highest BCUT2D eigenvalue weighted by Crippen LogP contribution is 2.89. The molecule has 0 aromatic heterocycles. The molecule has 11 heavy (non-hydrogen) atoms. The fraction of sp³-hybridized carbons (Fsp3) is 1.00. The summed E-state index contributed by atoms with van der Waals surface area (Å²) in [6.45, 7) is 4.83. The monoisotopic (exact) mass is 150 g/mol. The van der Waals surface area contributed by atoms with E-state index in [0.717, 1.165) is 17.3 Å². The summed E-state index contributed by atoms with van der Waals surface area (Å²) in [6.07, 6.45) is 6.11. The molecule has 5 unspecified atom stereocenters. The molecule has 3 aliphatic rings. The standard InChI is InChI=1S/C11H18/c1-3-4-8-5-7(2)11-6-9(11)10(8)11/h7-10H,3-6H2,1-2H3. The zero-order chi connectivity index (χ0) is 7.64. The Morgan fingerprint density at radius 2 is 2.27 bits per heavy atom. The molecule has 5 atom stereocenters. The molecule has 0 aromatic rings. The molecule has 0 N–H and O–H groups in total. The Morgan fingerprint density at radius 1 is 1.45 bits per heavy atom. The summed E-state index contributed by atoms with van der Waals surface area (Å²) in [5.74, 6) is 4.68. The fourth-order valence-electron chi connectivity index (χ4n) is 4.15. The van der Waals surface area contributed by atoms with E-state index in [4.69, 9.17) is 0 Å². The normalized spacial score (nSPS) is 63.8. The molecular formula is C11H18. The topological polar surface area (TPSA) is 0 Å². The van der Waals surface area contributed by atoms with E-state index in [0.29, 0.717) is 0 Å². The van der Waals surface area contributed by atoms with Crippen LogP contribution in [0.15, 0.2) is 0 Å². The van der Waals surface area contributed by atoms with Crippen molar-refractivity contribution in [3.05, 3.63) is 0 Å². The lowest BCUT2D eigenvalue weighted by Crippen LogP contribution is -2.02. The Kier molecular flexibility index (Phi) is 0.990. The Hall–Kier alpha value is 0. The van der Waals surface area contributed by atoms with Crippen LogP contribution in [0.2, 0.25) is 0 Å². The summed E-state index contributed by atoms with van der Waals surface area (Å²) >= 11 is 0. The van der Waals surface area contributed by atoms with Gasteiger partial charge in [-0.1, -0.05) is 26.7 Å². The number of hydrogen-bond donors (Lipinski definition) is 0. The van der Waals surface area contributed by atoms with Crippen molar-refractivity contribution in [1.29, 1.82) is 0 Å². The molecule has 0 bridgehead atoms. The molecule has 3 saturated carbocycles. The Bertz CT molecular complexity index is 196. The quantitative estimate of drug-likeness (QED) is 0.567. The summed E-state index contributed by atoms with van der Waals surface area (Å²) < 4.78 is 0. The second-order valence-electron chi connectivity index (χ2n) is 5.13. The molecule has 0 nitrogen and oxygen atoms in total. The van der Waals surface area contributed by atoms with E-state index in [2.05, 4.69) is 13.8 Å². The summed E-state index contributed by atoms with van der Waals surface area (Å²) in [6, 6.07) is 0. The van der Waals surface area contributed by atoms with E-state index in [1.54, 1.807) is 12.8 Å². The lowest BCUT2D eigenvalue weighted by molar-refractivity contribution is 0.384. The average Bonchev–Trinajstić information content (AvgIpc) is 2.69. The average molecular weight is 150 g/mol. The van der Waals surface area contributed by atoms with Gasteiger partial charge in [0.05, 0.1) is 0 Å². The van der Waals surface area contributed by atoms with Crippen molar-refractivity contribution in [2.24, 2.45) is 29.1 Å². The predicted octanol–water partition coefficient (Wildman–Crippen LogP) is 3.08.